The Kier molecular flexibility index (Phi) is 14.0. The van der Waals surface area contributed by atoms with E-state index in [2.05, 4.69) is 5.73 Å². The summed E-state index contributed by atoms with van der Waals surface area (Å²) in [5.74, 6) is -7.10. The lowest BCUT2D eigenvalue weighted by atomic mass is 9.83. The van der Waals surface area contributed by atoms with E-state index in [4.69, 9.17) is 47.4 Å². The van der Waals surface area contributed by atoms with Crippen LogP contribution in [0.1, 0.15) is 55.4 Å². The van der Waals surface area contributed by atoms with Gasteiger partial charge in [0.1, 0.15) is 18.8 Å². The van der Waals surface area contributed by atoms with Crippen LogP contribution in [0.15, 0.2) is 0 Å². The normalized spacial score (nSPS) is 31.6. The lowest BCUT2D eigenvalue weighted by Gasteiger charge is -2.49. The number of rotatable bonds is 11. The lowest BCUT2D eigenvalue weighted by molar-refractivity contribution is -0.505. The Hall–Kier alpha value is -4.36. The predicted octanol–water partition coefficient (Wildman–Crippen LogP) is -2.19. The van der Waals surface area contributed by atoms with Crippen molar-refractivity contribution in [1.29, 1.82) is 0 Å². The predicted molar refractivity (Wildman–Crippen MR) is 146 cm³/mol. The molecule has 0 aromatic rings. The first-order valence-corrected chi connectivity index (χ1v) is 14.3. The van der Waals surface area contributed by atoms with Crippen LogP contribution in [-0.4, -0.2) is 122 Å². The van der Waals surface area contributed by atoms with Crippen LogP contribution in [0.25, 0.3) is 0 Å². The van der Waals surface area contributed by atoms with Crippen molar-refractivity contribution in [3.8, 4) is 0 Å². The minimum absolute atomic E-state index is 0.538. The van der Waals surface area contributed by atoms with Crippen LogP contribution in [-0.2, 0) is 85.7 Å². The van der Waals surface area contributed by atoms with E-state index in [1.165, 1.54) is 0 Å². The summed E-state index contributed by atoms with van der Waals surface area (Å²) in [5.41, 5.74) is 3.95. The van der Waals surface area contributed by atoms with Gasteiger partial charge >= 0.3 is 47.8 Å². The van der Waals surface area contributed by atoms with Crippen molar-refractivity contribution >= 4 is 47.8 Å². The molecule has 1 heterocycles. The molecule has 1 saturated carbocycles. The van der Waals surface area contributed by atoms with Crippen LogP contribution in [0.3, 0.4) is 0 Å². The quantitative estimate of drug-likeness (QED) is 0.180. The highest BCUT2D eigenvalue weighted by Crippen LogP contribution is 2.37. The molecule has 11 atom stereocenters. The van der Waals surface area contributed by atoms with Gasteiger partial charge in [-0.3, -0.25) is 38.4 Å². The Balaban J connectivity index is 2.77. The first kappa shape index (κ1) is 38.8. The topological polar surface area (TPSA) is 256 Å². The first-order valence-electron chi connectivity index (χ1n) is 14.3. The molecule has 264 valence electrons. The minimum Gasteiger partial charge on any atom is -0.463 e. The van der Waals surface area contributed by atoms with E-state index >= 15 is 0 Å². The maximum absolute atomic E-state index is 12.4. The molecule has 0 amide bonds. The summed E-state index contributed by atoms with van der Waals surface area (Å²) in [5, 5.41) is 0. The Morgan fingerprint density at radius 1 is 0.447 bits per heavy atom. The van der Waals surface area contributed by atoms with Crippen LogP contribution < -0.4 is 5.73 Å². The van der Waals surface area contributed by atoms with E-state index < -0.39 is 122 Å². The SMILES string of the molecule is CC(=O)OC[C@H]1O[C@H](OC2[C@H](OC(C)=O)[C@H](OC(C)=O)C(OC(C)=O)[C@H](OC(C)=O)[C@H]2OC(C)=O)[C@H]([NH3+])[C@@H](OC(C)=O)[C@@H]1OC(C)=O. The van der Waals surface area contributed by atoms with Crippen LogP contribution in [0.2, 0.25) is 0 Å². The zero-order valence-corrected chi connectivity index (χ0v) is 27.1. The van der Waals surface area contributed by atoms with Crippen molar-refractivity contribution in [3.63, 3.8) is 0 Å². The van der Waals surface area contributed by atoms with Gasteiger partial charge in [0, 0.05) is 55.4 Å². The molecule has 2 fully saturated rings. The Labute approximate surface area is 268 Å². The molecule has 0 aromatic carbocycles. The van der Waals surface area contributed by atoms with Gasteiger partial charge in [-0.25, -0.2) is 0 Å². The molecule has 1 aliphatic heterocycles. The number of carbonyl (C=O) groups is 8. The van der Waals surface area contributed by atoms with E-state index in [0.29, 0.717) is 0 Å². The minimum atomic E-state index is -1.74. The van der Waals surface area contributed by atoms with Crippen LogP contribution in [0.5, 0.6) is 0 Å². The van der Waals surface area contributed by atoms with E-state index in [9.17, 15) is 38.4 Å². The van der Waals surface area contributed by atoms with E-state index in [-0.39, 0.29) is 0 Å². The van der Waals surface area contributed by atoms with Crippen LogP contribution in [0, 0.1) is 0 Å². The van der Waals surface area contributed by atoms with Gasteiger partial charge in [-0.2, -0.15) is 0 Å². The summed E-state index contributed by atoms with van der Waals surface area (Å²) in [7, 11) is 0. The van der Waals surface area contributed by atoms with Crippen molar-refractivity contribution in [3.05, 3.63) is 0 Å². The van der Waals surface area contributed by atoms with Gasteiger partial charge in [0.25, 0.3) is 0 Å². The van der Waals surface area contributed by atoms with Gasteiger partial charge in [-0.05, 0) is 0 Å². The van der Waals surface area contributed by atoms with Gasteiger partial charge in [-0.1, -0.05) is 0 Å². The third kappa shape index (κ3) is 11.1. The molecular weight excluding hydrogens is 638 g/mol. The molecule has 0 radical (unpaired) electrons. The molecule has 19 nitrogen and oxygen atoms in total. The molecule has 2 rings (SSSR count). The number of hydrogen-bond donors (Lipinski definition) is 1. The molecule has 2 aliphatic rings. The monoisotopic (exact) mass is 678 g/mol. The third-order valence-electron chi connectivity index (χ3n) is 6.57. The van der Waals surface area contributed by atoms with E-state index in [1.807, 2.05) is 0 Å². The second kappa shape index (κ2) is 17.0. The zero-order valence-electron chi connectivity index (χ0n) is 27.1. The van der Waals surface area contributed by atoms with Gasteiger partial charge < -0.3 is 53.1 Å². The summed E-state index contributed by atoms with van der Waals surface area (Å²) in [4.78, 5) is 97.1. The standard InChI is InChI=1S/C28H39NO18/c1-10(30)38-9-18-20(39-11(2)31)21(40-12(3)32)19(29)28(46-18)47-27-25(44-16(7)36)23(42-14(5)34)22(41-13(4)33)24(43-15(6)35)26(27)45-17(8)37/h18-28H,9,29H2,1-8H3/p+1/t18-,19-,20-,21-,22?,23-,24+,25-,26-,27?,28-/m1/s1. The summed E-state index contributed by atoms with van der Waals surface area (Å²) in [6.07, 6.45) is -16.1. The summed E-state index contributed by atoms with van der Waals surface area (Å²) < 4.78 is 55.2. The average molecular weight is 679 g/mol. The molecule has 0 aromatic heterocycles. The Morgan fingerprint density at radius 3 is 1.06 bits per heavy atom. The fourth-order valence-electron chi connectivity index (χ4n) is 5.17. The summed E-state index contributed by atoms with van der Waals surface area (Å²) >= 11 is 0. The van der Waals surface area contributed by atoms with E-state index in [0.717, 1.165) is 55.4 Å². The molecule has 3 N–H and O–H groups in total. The zero-order chi connectivity index (χ0) is 35.7. The van der Waals surface area contributed by atoms with Crippen LogP contribution in [0.4, 0.5) is 0 Å². The van der Waals surface area contributed by atoms with Crippen molar-refractivity contribution < 1.29 is 91.5 Å². The number of esters is 8. The fraction of sp³-hybridized carbons (Fsp3) is 0.714. The molecule has 0 spiro atoms. The fourth-order valence-corrected chi connectivity index (χ4v) is 5.17. The van der Waals surface area contributed by atoms with Gasteiger partial charge in [0.2, 0.25) is 6.29 Å². The number of hydrogen-bond acceptors (Lipinski definition) is 18. The second-order valence-corrected chi connectivity index (χ2v) is 10.6. The third-order valence-corrected chi connectivity index (χ3v) is 6.57. The molecule has 0 bridgehead atoms. The number of ether oxygens (including phenoxy) is 10. The number of carbonyl (C=O) groups excluding carboxylic acids is 8. The molecule has 47 heavy (non-hydrogen) atoms. The maximum Gasteiger partial charge on any atom is 0.303 e. The second-order valence-electron chi connectivity index (χ2n) is 10.6. The highest BCUT2D eigenvalue weighted by molar-refractivity contribution is 5.70. The summed E-state index contributed by atoms with van der Waals surface area (Å²) in [6.45, 7) is 7.71. The molecule has 1 saturated heterocycles. The largest absolute Gasteiger partial charge is 0.463 e. The average Bonchev–Trinajstić information content (AvgIpc) is 2.90. The smallest absolute Gasteiger partial charge is 0.303 e. The van der Waals surface area contributed by atoms with Crippen LogP contribution >= 0.6 is 0 Å². The molecule has 1 aliphatic carbocycles. The number of quaternary nitrogens is 1. The van der Waals surface area contributed by atoms with Crippen molar-refractivity contribution in [2.45, 2.75) is 123 Å². The summed E-state index contributed by atoms with van der Waals surface area (Å²) in [6, 6.07) is -1.27. The van der Waals surface area contributed by atoms with Gasteiger partial charge in [0.15, 0.2) is 48.8 Å². The molecule has 19 heteroatoms. The Bertz CT molecular complexity index is 1180. The van der Waals surface area contributed by atoms with Gasteiger partial charge in [-0.15, -0.1) is 0 Å². The first-order chi connectivity index (χ1) is 21.8. The highest BCUT2D eigenvalue weighted by Gasteiger charge is 2.62. The van der Waals surface area contributed by atoms with E-state index in [1.54, 1.807) is 0 Å². The molecule has 2 unspecified atom stereocenters. The highest BCUT2D eigenvalue weighted by atomic mass is 16.7. The van der Waals surface area contributed by atoms with Crippen molar-refractivity contribution in [1.82, 2.24) is 0 Å². The van der Waals surface area contributed by atoms with Gasteiger partial charge in [0.05, 0.1) is 0 Å². The lowest BCUT2D eigenvalue weighted by Crippen LogP contribution is -2.80. The van der Waals surface area contributed by atoms with Crippen molar-refractivity contribution in [2.24, 2.45) is 0 Å². The van der Waals surface area contributed by atoms with Crippen molar-refractivity contribution in [2.75, 3.05) is 6.61 Å². The molecular formula is C28H40NO18+. The Morgan fingerprint density at radius 2 is 0.745 bits per heavy atom. The maximum atomic E-state index is 12.4.